The van der Waals surface area contributed by atoms with Crippen LogP contribution in [0.2, 0.25) is 0 Å². The summed E-state index contributed by atoms with van der Waals surface area (Å²) in [4.78, 5) is 9.02. The van der Waals surface area contributed by atoms with Gasteiger partial charge in [0.05, 0.1) is 0 Å². The summed E-state index contributed by atoms with van der Waals surface area (Å²) in [5.41, 5.74) is 2.84. The lowest BCUT2D eigenvalue weighted by Gasteiger charge is -2.34. The largest absolute Gasteiger partial charge is 0.337 e. The van der Waals surface area contributed by atoms with Gasteiger partial charge in [-0.05, 0) is 34.9 Å². The summed E-state index contributed by atoms with van der Waals surface area (Å²) in [6.45, 7) is 6.67. The molecule has 114 valence electrons. The number of hydrogen-bond acceptors (Lipinski definition) is 7. The molecule has 0 spiro atoms. The Morgan fingerprint density at radius 1 is 1.14 bits per heavy atom. The van der Waals surface area contributed by atoms with Gasteiger partial charge in [0.1, 0.15) is 16.9 Å². The highest BCUT2D eigenvalue weighted by Crippen LogP contribution is 2.16. The van der Waals surface area contributed by atoms with Crippen molar-refractivity contribution in [2.75, 3.05) is 31.1 Å². The maximum Gasteiger partial charge on any atom is 0.244 e. The zero-order chi connectivity index (χ0) is 14.9. The van der Waals surface area contributed by atoms with Gasteiger partial charge < -0.3 is 4.90 Å². The minimum absolute atomic E-state index is 0.798. The first kappa shape index (κ1) is 13.2. The van der Waals surface area contributed by atoms with E-state index in [0.717, 1.165) is 55.5 Å². The average molecular weight is 299 g/mol. The Morgan fingerprint density at radius 2 is 1.95 bits per heavy atom. The van der Waals surface area contributed by atoms with Crippen LogP contribution in [-0.4, -0.2) is 56.6 Å². The summed E-state index contributed by atoms with van der Waals surface area (Å²) < 4.78 is 4.74. The van der Waals surface area contributed by atoms with Crippen molar-refractivity contribution in [3.05, 3.63) is 29.6 Å². The van der Waals surface area contributed by atoms with Crippen LogP contribution in [0.5, 0.6) is 0 Å². The third kappa shape index (κ3) is 2.52. The molecule has 1 aliphatic rings. The molecule has 0 bridgehead atoms. The molecule has 1 fully saturated rings. The lowest BCUT2D eigenvalue weighted by atomic mass is 10.1. The topological polar surface area (TPSA) is 87.0 Å². The van der Waals surface area contributed by atoms with Gasteiger partial charge in [-0.25, -0.2) is 4.63 Å². The molecule has 1 aromatic carbocycles. The standard InChI is InChI=1S/C14H17N7O/c1-10-15-14(17-16-10)21-6-4-20(5-7-21)9-11-2-3-12-13(8-11)19-22-18-12/h2-3,8H,4-7,9H2,1H3,(H,15,16,17). The molecule has 2 aromatic heterocycles. The molecule has 1 N–H and O–H groups in total. The summed E-state index contributed by atoms with van der Waals surface area (Å²) >= 11 is 0. The van der Waals surface area contributed by atoms with E-state index in [9.17, 15) is 0 Å². The van der Waals surface area contributed by atoms with Crippen LogP contribution in [0, 0.1) is 6.92 Å². The molecule has 4 rings (SSSR count). The molecular formula is C14H17N7O. The number of aryl methyl sites for hydroxylation is 1. The van der Waals surface area contributed by atoms with Crippen molar-refractivity contribution in [3.63, 3.8) is 0 Å². The fourth-order valence-corrected chi connectivity index (χ4v) is 2.76. The van der Waals surface area contributed by atoms with Gasteiger partial charge in [-0.1, -0.05) is 6.07 Å². The zero-order valence-corrected chi connectivity index (χ0v) is 12.4. The number of anilines is 1. The fourth-order valence-electron chi connectivity index (χ4n) is 2.76. The second kappa shape index (κ2) is 5.38. The van der Waals surface area contributed by atoms with E-state index in [0.29, 0.717) is 0 Å². The second-order valence-corrected chi connectivity index (χ2v) is 5.57. The van der Waals surface area contributed by atoms with Crippen LogP contribution in [0.1, 0.15) is 11.4 Å². The van der Waals surface area contributed by atoms with E-state index in [1.165, 1.54) is 5.56 Å². The molecule has 0 aliphatic carbocycles. The monoisotopic (exact) mass is 299 g/mol. The number of aromatic nitrogens is 5. The van der Waals surface area contributed by atoms with Crippen LogP contribution in [0.4, 0.5) is 5.95 Å². The molecular weight excluding hydrogens is 282 g/mol. The highest BCUT2D eigenvalue weighted by Gasteiger charge is 2.20. The predicted octanol–water partition coefficient (Wildman–Crippen LogP) is 0.972. The molecule has 0 saturated carbocycles. The minimum atomic E-state index is 0.798. The third-order valence-corrected chi connectivity index (χ3v) is 3.96. The van der Waals surface area contributed by atoms with Crippen LogP contribution < -0.4 is 4.90 Å². The summed E-state index contributed by atoms with van der Waals surface area (Å²) in [7, 11) is 0. The fraction of sp³-hybridized carbons (Fsp3) is 0.429. The number of nitrogens with zero attached hydrogens (tertiary/aromatic N) is 6. The van der Waals surface area contributed by atoms with Crippen LogP contribution in [-0.2, 0) is 6.54 Å². The second-order valence-electron chi connectivity index (χ2n) is 5.57. The normalized spacial score (nSPS) is 16.5. The summed E-state index contributed by atoms with van der Waals surface area (Å²) in [6, 6.07) is 6.07. The van der Waals surface area contributed by atoms with Crippen molar-refractivity contribution in [2.24, 2.45) is 0 Å². The summed E-state index contributed by atoms with van der Waals surface area (Å²) in [5, 5.41) is 14.8. The molecule has 8 heteroatoms. The number of hydrogen-bond donors (Lipinski definition) is 1. The number of piperazine rings is 1. The van der Waals surface area contributed by atoms with Crippen molar-refractivity contribution < 1.29 is 4.63 Å². The van der Waals surface area contributed by atoms with E-state index < -0.39 is 0 Å². The molecule has 22 heavy (non-hydrogen) atoms. The van der Waals surface area contributed by atoms with E-state index in [1.54, 1.807) is 0 Å². The number of rotatable bonds is 3. The summed E-state index contributed by atoms with van der Waals surface area (Å²) in [5.74, 6) is 1.65. The predicted molar refractivity (Wildman–Crippen MR) is 80.4 cm³/mol. The molecule has 3 aromatic rings. The maximum absolute atomic E-state index is 4.74. The lowest BCUT2D eigenvalue weighted by Crippen LogP contribution is -2.46. The lowest BCUT2D eigenvalue weighted by molar-refractivity contribution is 0.249. The summed E-state index contributed by atoms with van der Waals surface area (Å²) in [6.07, 6.45) is 0. The van der Waals surface area contributed by atoms with Crippen molar-refractivity contribution in [3.8, 4) is 0 Å². The first-order chi connectivity index (χ1) is 10.8. The highest BCUT2D eigenvalue weighted by molar-refractivity contribution is 5.73. The highest BCUT2D eigenvalue weighted by atomic mass is 16.6. The van der Waals surface area contributed by atoms with Crippen LogP contribution in [0.25, 0.3) is 11.0 Å². The Balaban J connectivity index is 1.39. The number of nitrogens with one attached hydrogen (secondary N) is 1. The molecule has 8 nitrogen and oxygen atoms in total. The molecule has 0 amide bonds. The van der Waals surface area contributed by atoms with Gasteiger partial charge in [-0.2, -0.15) is 4.98 Å². The quantitative estimate of drug-likeness (QED) is 0.771. The Bertz CT molecular complexity index is 772. The van der Waals surface area contributed by atoms with Crippen molar-refractivity contribution >= 4 is 17.0 Å². The van der Waals surface area contributed by atoms with Crippen LogP contribution in [0.15, 0.2) is 22.8 Å². The van der Waals surface area contributed by atoms with Gasteiger partial charge in [0.25, 0.3) is 0 Å². The number of H-pyrrole nitrogens is 1. The van der Waals surface area contributed by atoms with Crippen LogP contribution >= 0.6 is 0 Å². The number of benzene rings is 1. The number of fused-ring (bicyclic) bond motifs is 1. The van der Waals surface area contributed by atoms with Crippen LogP contribution in [0.3, 0.4) is 0 Å². The van der Waals surface area contributed by atoms with Gasteiger partial charge in [0.2, 0.25) is 5.95 Å². The Hall–Kier alpha value is -2.48. The number of aromatic amines is 1. The molecule has 0 atom stereocenters. The third-order valence-electron chi connectivity index (χ3n) is 3.96. The molecule has 3 heterocycles. The first-order valence-electron chi connectivity index (χ1n) is 7.35. The Labute approximate surface area is 127 Å². The van der Waals surface area contributed by atoms with Crippen molar-refractivity contribution in [1.82, 2.24) is 30.4 Å². The van der Waals surface area contributed by atoms with E-state index in [-0.39, 0.29) is 0 Å². The smallest absolute Gasteiger partial charge is 0.244 e. The van der Waals surface area contributed by atoms with Gasteiger partial charge in [-0.15, -0.1) is 5.10 Å². The van der Waals surface area contributed by atoms with E-state index in [1.807, 2.05) is 19.1 Å². The Morgan fingerprint density at radius 3 is 2.73 bits per heavy atom. The first-order valence-corrected chi connectivity index (χ1v) is 7.35. The van der Waals surface area contributed by atoms with Gasteiger partial charge >= 0.3 is 0 Å². The molecule has 1 aliphatic heterocycles. The van der Waals surface area contributed by atoms with E-state index >= 15 is 0 Å². The van der Waals surface area contributed by atoms with Crippen molar-refractivity contribution in [2.45, 2.75) is 13.5 Å². The van der Waals surface area contributed by atoms with Gasteiger partial charge in [0.15, 0.2) is 0 Å². The van der Waals surface area contributed by atoms with Gasteiger partial charge in [0, 0.05) is 32.7 Å². The van der Waals surface area contributed by atoms with Crippen molar-refractivity contribution in [1.29, 1.82) is 0 Å². The SMILES string of the molecule is Cc1nc(N2CCN(Cc3ccc4nonc4c3)CC2)n[nH]1. The maximum atomic E-state index is 4.74. The minimum Gasteiger partial charge on any atom is -0.337 e. The molecule has 1 saturated heterocycles. The van der Waals surface area contributed by atoms with E-state index in [4.69, 9.17) is 4.63 Å². The average Bonchev–Trinajstić information content (AvgIpc) is 3.16. The molecule has 0 radical (unpaired) electrons. The molecule has 0 unspecified atom stereocenters. The zero-order valence-electron chi connectivity index (χ0n) is 12.4. The Kier molecular flexibility index (Phi) is 3.23. The van der Waals surface area contributed by atoms with Gasteiger partial charge in [-0.3, -0.25) is 10.00 Å². The van der Waals surface area contributed by atoms with E-state index in [2.05, 4.69) is 41.4 Å².